The van der Waals surface area contributed by atoms with Crippen LogP contribution in [-0.4, -0.2) is 60.9 Å². The number of esters is 1. The number of methoxy groups -OCH3 is 1. The van der Waals surface area contributed by atoms with Gasteiger partial charge in [0.25, 0.3) is 0 Å². The maximum absolute atomic E-state index is 11.4. The lowest BCUT2D eigenvalue weighted by Gasteiger charge is -2.09. The summed E-state index contributed by atoms with van der Waals surface area (Å²) in [6.07, 6.45) is 7.13. The van der Waals surface area contributed by atoms with Crippen LogP contribution in [0.1, 0.15) is 61.5 Å². The van der Waals surface area contributed by atoms with Gasteiger partial charge in [0.2, 0.25) is 0 Å². The Morgan fingerprint density at radius 1 is 0.585 bits per heavy atom. The van der Waals surface area contributed by atoms with Gasteiger partial charge in [-0.05, 0) is 147 Å². The van der Waals surface area contributed by atoms with Crippen LogP contribution in [0.5, 0.6) is 11.5 Å². The van der Waals surface area contributed by atoms with Crippen molar-refractivity contribution in [2.24, 2.45) is 0 Å². The van der Waals surface area contributed by atoms with E-state index in [4.69, 9.17) is 24.6 Å². The first-order valence-corrected chi connectivity index (χ1v) is 19.9. The predicted octanol–water partition coefficient (Wildman–Crippen LogP) is 10.6. The fourth-order valence-electron chi connectivity index (χ4n) is 5.81. The van der Waals surface area contributed by atoms with Crippen LogP contribution < -0.4 is 14.9 Å². The van der Waals surface area contributed by atoms with Gasteiger partial charge in [0.05, 0.1) is 29.6 Å². The minimum atomic E-state index is -1.44. The summed E-state index contributed by atoms with van der Waals surface area (Å²) in [5, 5.41) is 35.3. The molecule has 3 N–H and O–H groups in total. The van der Waals surface area contributed by atoms with Crippen LogP contribution in [0.2, 0.25) is 0 Å². The molecule has 2 heterocycles. The zero-order valence-corrected chi connectivity index (χ0v) is 35.0. The van der Waals surface area contributed by atoms with E-state index in [0.29, 0.717) is 24.2 Å². The second-order valence-corrected chi connectivity index (χ2v) is 14.4. The Kier molecular flexibility index (Phi) is 22.7. The monoisotopic (exact) mass is 990 g/mol. The van der Waals surface area contributed by atoms with E-state index in [9.17, 15) is 9.59 Å². The number of aromatic nitrogens is 4. The van der Waals surface area contributed by atoms with Gasteiger partial charge in [-0.1, -0.05) is 90.4 Å². The highest BCUT2D eigenvalue weighted by Crippen LogP contribution is 2.25. The van der Waals surface area contributed by atoms with E-state index >= 15 is 0 Å². The van der Waals surface area contributed by atoms with E-state index in [0.717, 1.165) is 48.7 Å². The van der Waals surface area contributed by atoms with E-state index in [1.54, 1.807) is 71.8 Å². The summed E-state index contributed by atoms with van der Waals surface area (Å²) in [6.45, 7) is 0.737. The molecule has 0 radical (unpaired) electrons. The number of carbonyl (C=O) groups excluding carboxylic acids is 1. The number of halogens is 1. The number of benzene rings is 6. The third kappa shape index (κ3) is 16.2. The Labute approximate surface area is 396 Å². The summed E-state index contributed by atoms with van der Waals surface area (Å²) >= 11 is 2.25. The van der Waals surface area contributed by atoms with Gasteiger partial charge < -0.3 is 29.4 Å². The molecule has 338 valence electrons. The second kappa shape index (κ2) is 27.2. The number of aromatic carboxylic acids is 1. The van der Waals surface area contributed by atoms with Crippen LogP contribution in [-0.2, 0) is 18.0 Å². The second-order valence-electron chi connectivity index (χ2n) is 13.2. The summed E-state index contributed by atoms with van der Waals surface area (Å²) in [4.78, 5) is 22.5. The molecule has 65 heavy (non-hydrogen) atoms. The average Bonchev–Trinajstić information content (AvgIpc) is 4.06. The van der Waals surface area contributed by atoms with Crippen LogP contribution in [0.4, 0.5) is 0 Å². The molecule has 0 saturated carbocycles. The predicted molar refractivity (Wildman–Crippen MR) is 268 cm³/mol. The lowest BCUT2D eigenvalue weighted by atomic mass is 9.80. The molecule has 0 bridgehead atoms. The van der Waals surface area contributed by atoms with E-state index < -0.39 is 13.1 Å². The molecule has 8 rings (SSSR count). The highest BCUT2D eigenvalue weighted by atomic mass is 127. The minimum Gasteiger partial charge on any atom is -0.489 e. The van der Waals surface area contributed by atoms with Gasteiger partial charge in [-0.2, -0.15) is 10.2 Å². The van der Waals surface area contributed by atoms with Gasteiger partial charge in [-0.3, -0.25) is 0 Å². The first-order chi connectivity index (χ1) is 29.6. The zero-order chi connectivity index (χ0) is 43.0. The molecule has 0 aliphatic heterocycles. The van der Waals surface area contributed by atoms with Crippen LogP contribution in [0, 0.1) is 3.57 Å². The lowest BCUT2D eigenvalue weighted by Crippen LogP contribution is -2.29. The van der Waals surface area contributed by atoms with Crippen molar-refractivity contribution in [1.82, 2.24) is 19.6 Å². The number of carboxylic acid groups (broad SMARTS) is 1. The largest absolute Gasteiger partial charge is 0.489 e. The molecular formula is C51H56BIN4O8. The van der Waals surface area contributed by atoms with Gasteiger partial charge in [-0.15, -0.1) is 0 Å². The number of hydrogen-bond acceptors (Lipinski definition) is 9. The zero-order valence-electron chi connectivity index (χ0n) is 32.9. The molecule has 0 unspecified atom stereocenters. The fourth-order valence-corrected chi connectivity index (χ4v) is 6.17. The van der Waals surface area contributed by atoms with Gasteiger partial charge in [0.1, 0.15) is 24.7 Å². The van der Waals surface area contributed by atoms with Crippen molar-refractivity contribution in [2.45, 2.75) is 42.9 Å². The summed E-state index contributed by atoms with van der Waals surface area (Å²) < 4.78 is 20.8. The van der Waals surface area contributed by atoms with Crippen molar-refractivity contribution < 1.29 is 39.0 Å². The smallest absolute Gasteiger partial charge is 0.488 e. The van der Waals surface area contributed by atoms with E-state index in [-0.39, 0.29) is 41.2 Å². The lowest BCUT2D eigenvalue weighted by molar-refractivity contribution is 0.0599. The molecule has 6 aromatic carbocycles. The SMILES string of the molecule is C.C.C.C.COC(=O)c1cccc(COc2ccc(I)cc2)c1.O=C(O)c1cccc(COc2ccc(-c3cccc(-n4cccn4)c3)cc2)c1.OB(O)c1cccc(-n2cccn2)c1. The molecular weight excluding hydrogens is 934 g/mol. The molecule has 0 saturated heterocycles. The molecule has 2 aromatic heterocycles. The maximum atomic E-state index is 11.4. The Balaban J connectivity index is 0.000000345. The molecule has 0 aliphatic rings. The molecule has 14 heteroatoms. The Bertz CT molecular complexity index is 2620. The number of rotatable bonds is 12. The Hall–Kier alpha value is -7.01. The van der Waals surface area contributed by atoms with Gasteiger partial charge >= 0.3 is 19.1 Å². The van der Waals surface area contributed by atoms with Crippen LogP contribution in [0.3, 0.4) is 0 Å². The maximum Gasteiger partial charge on any atom is 0.488 e. The molecule has 8 aromatic rings. The molecule has 12 nitrogen and oxygen atoms in total. The summed E-state index contributed by atoms with van der Waals surface area (Å²) in [6, 6.07) is 48.4. The number of ether oxygens (including phenoxy) is 3. The highest BCUT2D eigenvalue weighted by Gasteiger charge is 2.11. The third-order valence-electron chi connectivity index (χ3n) is 8.89. The number of nitrogens with zero attached hydrogens (tertiary/aromatic N) is 4. The standard InChI is InChI=1S/C23H18N2O3.C15H13IO3.C9H9BN2O2.4CH4/c26-23(27)20-6-1-4-17(14-20)16-28-22-10-8-18(9-11-22)19-5-2-7-21(15-19)25-13-3-12-24-25;1-18-15(17)12-4-2-3-11(9-12)10-19-14-7-5-13(16)6-8-14;13-10(14)8-3-1-4-9(7-8)12-6-2-5-11-12;;;;/h1-15H,16H2,(H,26,27);2-9H,10H2,1H3;1-7,13-14H;4*1H4. The van der Waals surface area contributed by atoms with Gasteiger partial charge in [-0.25, -0.2) is 19.0 Å². The Morgan fingerprint density at radius 3 is 1.58 bits per heavy atom. The number of carbonyl (C=O) groups is 2. The Morgan fingerprint density at radius 2 is 1.08 bits per heavy atom. The molecule has 0 fully saturated rings. The first-order valence-electron chi connectivity index (χ1n) is 18.8. The summed E-state index contributed by atoms with van der Waals surface area (Å²) in [5.74, 6) is 0.260. The average molecular weight is 991 g/mol. The van der Waals surface area contributed by atoms with Crippen LogP contribution >= 0.6 is 22.6 Å². The quantitative estimate of drug-likeness (QED) is 0.0611. The molecule has 0 aliphatic carbocycles. The number of carboxylic acids is 1. The van der Waals surface area contributed by atoms with Crippen molar-refractivity contribution in [3.63, 3.8) is 0 Å². The van der Waals surface area contributed by atoms with Gasteiger partial charge in [0, 0.05) is 28.4 Å². The topological polar surface area (TPSA) is 158 Å². The van der Waals surface area contributed by atoms with Gasteiger partial charge in [0.15, 0.2) is 0 Å². The first kappa shape index (κ1) is 54.1. The molecule has 0 atom stereocenters. The van der Waals surface area contributed by atoms with E-state index in [2.05, 4.69) is 49.7 Å². The summed E-state index contributed by atoms with van der Waals surface area (Å²) in [5.41, 5.74) is 6.97. The fraction of sp³-hybridized carbons (Fsp3) is 0.137. The van der Waals surface area contributed by atoms with E-state index in [1.165, 1.54) is 7.11 Å². The third-order valence-corrected chi connectivity index (χ3v) is 9.61. The minimum absolute atomic E-state index is 0. The highest BCUT2D eigenvalue weighted by molar-refractivity contribution is 14.1. The van der Waals surface area contributed by atoms with Crippen molar-refractivity contribution in [3.05, 3.63) is 208 Å². The summed E-state index contributed by atoms with van der Waals surface area (Å²) in [7, 11) is -0.0672. The van der Waals surface area contributed by atoms with Crippen LogP contribution in [0.25, 0.3) is 22.5 Å². The van der Waals surface area contributed by atoms with Crippen molar-refractivity contribution >= 4 is 47.1 Å². The number of hydrogen-bond donors (Lipinski definition) is 3. The molecule has 0 amide bonds. The normalized spacial score (nSPS) is 9.66. The van der Waals surface area contributed by atoms with Crippen LogP contribution in [0.15, 0.2) is 183 Å². The van der Waals surface area contributed by atoms with E-state index in [1.807, 2.05) is 108 Å². The van der Waals surface area contributed by atoms with Crippen molar-refractivity contribution in [3.8, 4) is 34.0 Å². The van der Waals surface area contributed by atoms with Crippen molar-refractivity contribution in [1.29, 1.82) is 0 Å². The molecule has 0 spiro atoms. The van der Waals surface area contributed by atoms with Crippen molar-refractivity contribution in [2.75, 3.05) is 7.11 Å².